The van der Waals surface area contributed by atoms with Gasteiger partial charge in [0.05, 0.1) is 0 Å². The van der Waals surface area contributed by atoms with Crippen molar-refractivity contribution >= 4 is 24.5 Å². The number of benzene rings is 1. The van der Waals surface area contributed by atoms with Crippen molar-refractivity contribution in [2.24, 2.45) is 0 Å². The molecule has 1 aromatic carbocycles. The van der Waals surface area contributed by atoms with Gasteiger partial charge in [-0.25, -0.2) is 0 Å². The summed E-state index contributed by atoms with van der Waals surface area (Å²) in [5.41, 5.74) is 1.13. The zero-order valence-electron chi connectivity index (χ0n) is 14.4. The molecule has 0 aliphatic rings. The van der Waals surface area contributed by atoms with Gasteiger partial charge >= 0.3 is 134 Å². The predicted molar refractivity (Wildman–Crippen MR) is 91.1 cm³/mol. The number of carbonyl (C=O) groups excluding carboxylic acids is 1. The van der Waals surface area contributed by atoms with Crippen molar-refractivity contribution < 1.29 is 9.53 Å². The van der Waals surface area contributed by atoms with Gasteiger partial charge in [-0.2, -0.15) is 0 Å². The Morgan fingerprint density at radius 2 is 1.48 bits per heavy atom. The molecule has 118 valence electrons. The van der Waals surface area contributed by atoms with Gasteiger partial charge in [0.25, 0.3) is 0 Å². The minimum atomic E-state index is -2.45. The van der Waals surface area contributed by atoms with Gasteiger partial charge in [0.1, 0.15) is 0 Å². The van der Waals surface area contributed by atoms with E-state index in [1.54, 1.807) is 0 Å². The van der Waals surface area contributed by atoms with Gasteiger partial charge in [0.15, 0.2) is 0 Å². The number of carbonyl (C=O) groups is 1. The van der Waals surface area contributed by atoms with Gasteiger partial charge in [-0.3, -0.25) is 0 Å². The number of amides is 1. The molecule has 0 aromatic heterocycles. The molecule has 0 heterocycles. The molecule has 1 unspecified atom stereocenters. The van der Waals surface area contributed by atoms with Crippen LogP contribution >= 0.6 is 0 Å². The quantitative estimate of drug-likeness (QED) is 0.664. The SMILES string of the molecule is CC(C)N(C(=O)O[CH](c1ccccc1)[Sn]([CH3])([CH3])[CH3])C(C)C. The van der Waals surface area contributed by atoms with Crippen LogP contribution in [0, 0.1) is 0 Å². The van der Waals surface area contributed by atoms with E-state index in [0.29, 0.717) is 0 Å². The first-order chi connectivity index (χ1) is 9.64. The molecule has 0 saturated heterocycles. The molecule has 1 amide bonds. The van der Waals surface area contributed by atoms with Crippen LogP contribution in [0.25, 0.3) is 0 Å². The summed E-state index contributed by atoms with van der Waals surface area (Å²) in [5.74, 6) is 0. The van der Waals surface area contributed by atoms with Crippen LogP contribution in [0.4, 0.5) is 4.79 Å². The molecule has 0 spiro atoms. The van der Waals surface area contributed by atoms with Gasteiger partial charge in [-0.15, -0.1) is 0 Å². The molecule has 4 heteroatoms. The number of ether oxygens (including phenoxy) is 1. The van der Waals surface area contributed by atoms with E-state index in [1.165, 1.54) is 0 Å². The van der Waals surface area contributed by atoms with Crippen LogP contribution in [0.3, 0.4) is 0 Å². The van der Waals surface area contributed by atoms with Crippen LogP contribution in [-0.2, 0) is 4.74 Å². The first-order valence-electron chi connectivity index (χ1n) is 7.68. The zero-order chi connectivity index (χ0) is 16.2. The standard InChI is InChI=1S/C14H20NO2.3CH3.Sn/c1-11(2)15(12(3)4)14(16)17-10-13-8-6-5-7-9-13;;;;/h5-12H,1-4H3;3*1H3;. The van der Waals surface area contributed by atoms with Crippen molar-refractivity contribution in [3.05, 3.63) is 35.9 Å². The number of nitrogens with zero attached hydrogens (tertiary/aromatic N) is 1. The van der Waals surface area contributed by atoms with Crippen molar-refractivity contribution in [3.63, 3.8) is 0 Å². The molecule has 1 atom stereocenters. The van der Waals surface area contributed by atoms with Crippen LogP contribution in [0.15, 0.2) is 30.3 Å². The van der Waals surface area contributed by atoms with Gasteiger partial charge in [-0.05, 0) is 0 Å². The van der Waals surface area contributed by atoms with Crippen LogP contribution < -0.4 is 0 Å². The molecule has 0 radical (unpaired) electrons. The van der Waals surface area contributed by atoms with E-state index < -0.39 is 18.4 Å². The van der Waals surface area contributed by atoms with E-state index in [1.807, 2.05) is 50.8 Å². The monoisotopic (exact) mass is 399 g/mol. The van der Waals surface area contributed by atoms with Gasteiger partial charge in [-0.1, -0.05) is 0 Å². The molecule has 0 saturated carbocycles. The summed E-state index contributed by atoms with van der Waals surface area (Å²) in [6.45, 7) is 8.11. The van der Waals surface area contributed by atoms with Crippen LogP contribution in [0.1, 0.15) is 37.4 Å². The van der Waals surface area contributed by atoms with Crippen LogP contribution in [0.5, 0.6) is 0 Å². The van der Waals surface area contributed by atoms with Crippen molar-refractivity contribution in [2.75, 3.05) is 0 Å². The second kappa shape index (κ2) is 7.52. The Morgan fingerprint density at radius 1 is 1.00 bits per heavy atom. The van der Waals surface area contributed by atoms with E-state index in [9.17, 15) is 4.79 Å². The minimum absolute atomic E-state index is 0.0481. The van der Waals surface area contributed by atoms with Gasteiger partial charge in [0, 0.05) is 0 Å². The normalized spacial score (nSPS) is 13.4. The molecule has 0 fully saturated rings. The van der Waals surface area contributed by atoms with E-state index >= 15 is 0 Å². The first-order valence-corrected chi connectivity index (χ1v) is 17.9. The second-order valence-electron chi connectivity index (χ2n) is 7.14. The van der Waals surface area contributed by atoms with E-state index in [-0.39, 0.29) is 22.3 Å². The molecule has 0 bridgehead atoms. The first kappa shape index (κ1) is 18.3. The Hall–Kier alpha value is -0.711. The summed E-state index contributed by atoms with van der Waals surface area (Å²) in [6.07, 6.45) is -0.194. The maximum absolute atomic E-state index is 12.6. The average molecular weight is 398 g/mol. The third-order valence-electron chi connectivity index (χ3n) is 3.43. The number of hydrogen-bond acceptors (Lipinski definition) is 2. The van der Waals surface area contributed by atoms with E-state index in [2.05, 4.69) is 27.0 Å². The van der Waals surface area contributed by atoms with Gasteiger partial charge in [0.2, 0.25) is 0 Å². The molecule has 0 aliphatic heterocycles. The average Bonchev–Trinajstić information content (AvgIpc) is 2.34. The Labute approximate surface area is 133 Å². The topological polar surface area (TPSA) is 29.5 Å². The zero-order valence-corrected chi connectivity index (χ0v) is 17.2. The van der Waals surface area contributed by atoms with Crippen molar-refractivity contribution in [2.45, 2.75) is 58.7 Å². The Morgan fingerprint density at radius 3 is 1.86 bits per heavy atom. The molecular formula is C17H29NO2Sn. The Bertz CT molecular complexity index is 444. The number of rotatable bonds is 5. The Balaban J connectivity index is 3.00. The second-order valence-corrected chi connectivity index (χ2v) is 22.1. The molecule has 0 N–H and O–H groups in total. The van der Waals surface area contributed by atoms with E-state index in [0.717, 1.165) is 5.56 Å². The van der Waals surface area contributed by atoms with Crippen LogP contribution in [0.2, 0.25) is 14.8 Å². The fourth-order valence-corrected chi connectivity index (χ4v) is 7.25. The third-order valence-corrected chi connectivity index (χ3v) is 9.21. The fourth-order valence-electron chi connectivity index (χ4n) is 2.55. The Kier molecular flexibility index (Phi) is 6.57. The summed E-state index contributed by atoms with van der Waals surface area (Å²) in [7, 11) is 0. The summed E-state index contributed by atoms with van der Waals surface area (Å²) in [6, 6.07) is 10.4. The molecule has 1 aromatic rings. The maximum atomic E-state index is 12.6. The summed E-state index contributed by atoms with van der Waals surface area (Å²) >= 11 is -2.45. The van der Waals surface area contributed by atoms with Crippen molar-refractivity contribution in [1.82, 2.24) is 4.90 Å². The van der Waals surface area contributed by atoms with Crippen molar-refractivity contribution in [1.29, 1.82) is 0 Å². The predicted octanol–water partition coefficient (Wildman–Crippen LogP) is 4.86. The van der Waals surface area contributed by atoms with Gasteiger partial charge < -0.3 is 0 Å². The molecule has 3 nitrogen and oxygen atoms in total. The van der Waals surface area contributed by atoms with Crippen molar-refractivity contribution in [3.8, 4) is 0 Å². The molecule has 1 rings (SSSR count). The number of hydrogen-bond donors (Lipinski definition) is 0. The molecule has 0 aliphatic carbocycles. The van der Waals surface area contributed by atoms with Crippen LogP contribution in [-0.4, -0.2) is 41.5 Å². The summed E-state index contributed by atoms with van der Waals surface area (Å²) in [4.78, 5) is 21.3. The summed E-state index contributed by atoms with van der Waals surface area (Å²) < 4.78 is 5.92. The summed E-state index contributed by atoms with van der Waals surface area (Å²) in [5, 5.41) is 0. The molecule has 21 heavy (non-hydrogen) atoms. The van der Waals surface area contributed by atoms with E-state index in [4.69, 9.17) is 4.74 Å². The fraction of sp³-hybridized carbons (Fsp3) is 0.588. The molecular weight excluding hydrogens is 369 g/mol. The third kappa shape index (κ3) is 5.20.